The van der Waals surface area contributed by atoms with Crippen LogP contribution in [-0.2, 0) is 0 Å². The molecule has 1 aliphatic rings. The fourth-order valence-electron chi connectivity index (χ4n) is 2.31. The van der Waals surface area contributed by atoms with Gasteiger partial charge in [0.2, 0.25) is 5.95 Å². The normalized spacial score (nSPS) is 23.7. The van der Waals surface area contributed by atoms with Crippen LogP contribution in [0.25, 0.3) is 0 Å². The summed E-state index contributed by atoms with van der Waals surface area (Å²) in [7, 11) is 0. The summed E-state index contributed by atoms with van der Waals surface area (Å²) in [6.07, 6.45) is 5.64. The lowest BCUT2D eigenvalue weighted by Crippen LogP contribution is -2.15. The molecule has 17 heavy (non-hydrogen) atoms. The van der Waals surface area contributed by atoms with Gasteiger partial charge in [0.05, 0.1) is 4.47 Å². The van der Waals surface area contributed by atoms with Crippen LogP contribution in [0.1, 0.15) is 26.2 Å². The van der Waals surface area contributed by atoms with Gasteiger partial charge in [-0.25, -0.2) is 10.8 Å². The van der Waals surface area contributed by atoms with Crippen LogP contribution in [0.3, 0.4) is 0 Å². The number of rotatable bonds is 4. The number of halogens is 1. The number of hydrogen-bond donors (Lipinski definition) is 3. The summed E-state index contributed by atoms with van der Waals surface area (Å²) in [4.78, 5) is 8.28. The van der Waals surface area contributed by atoms with E-state index in [0.717, 1.165) is 28.7 Å². The quantitative estimate of drug-likeness (QED) is 0.588. The molecule has 4 N–H and O–H groups in total. The molecule has 0 saturated heterocycles. The molecule has 1 aromatic heterocycles. The minimum absolute atomic E-state index is 0.426. The van der Waals surface area contributed by atoms with E-state index in [0.29, 0.717) is 5.95 Å². The second-order valence-corrected chi connectivity index (χ2v) is 5.55. The first-order valence-corrected chi connectivity index (χ1v) is 6.71. The van der Waals surface area contributed by atoms with Crippen molar-refractivity contribution in [1.29, 1.82) is 0 Å². The predicted molar refractivity (Wildman–Crippen MR) is 72.5 cm³/mol. The maximum Gasteiger partial charge on any atom is 0.239 e. The summed E-state index contributed by atoms with van der Waals surface area (Å²) in [5.41, 5.74) is 2.45. The predicted octanol–water partition coefficient (Wildman–Crippen LogP) is 2.37. The monoisotopic (exact) mass is 299 g/mol. The Morgan fingerprint density at radius 2 is 2.35 bits per heavy atom. The lowest BCUT2D eigenvalue weighted by Gasteiger charge is -2.13. The number of hydrogen-bond acceptors (Lipinski definition) is 5. The zero-order valence-electron chi connectivity index (χ0n) is 9.91. The van der Waals surface area contributed by atoms with E-state index >= 15 is 0 Å². The van der Waals surface area contributed by atoms with Gasteiger partial charge in [-0.1, -0.05) is 13.3 Å². The highest BCUT2D eigenvalue weighted by Gasteiger charge is 2.21. The number of nitrogens with one attached hydrogen (secondary N) is 2. The minimum Gasteiger partial charge on any atom is -0.369 e. The molecule has 0 aliphatic heterocycles. The molecule has 2 atom stereocenters. The van der Waals surface area contributed by atoms with Crippen molar-refractivity contribution >= 4 is 27.7 Å². The highest BCUT2D eigenvalue weighted by molar-refractivity contribution is 9.10. The number of nitrogens with zero attached hydrogens (tertiary/aromatic N) is 2. The van der Waals surface area contributed by atoms with Crippen LogP contribution in [0.15, 0.2) is 10.7 Å². The Morgan fingerprint density at radius 1 is 1.53 bits per heavy atom. The molecule has 0 amide bonds. The molecular weight excluding hydrogens is 282 g/mol. The van der Waals surface area contributed by atoms with E-state index in [9.17, 15) is 0 Å². The molecule has 1 heterocycles. The molecule has 0 bridgehead atoms. The van der Waals surface area contributed by atoms with E-state index in [1.807, 2.05) is 0 Å². The summed E-state index contributed by atoms with van der Waals surface area (Å²) in [6, 6.07) is 0. The summed E-state index contributed by atoms with van der Waals surface area (Å²) in [5.74, 6) is 8.12. The van der Waals surface area contributed by atoms with E-state index in [1.54, 1.807) is 6.20 Å². The van der Waals surface area contributed by atoms with Gasteiger partial charge in [0.15, 0.2) is 0 Å². The largest absolute Gasteiger partial charge is 0.369 e. The first-order chi connectivity index (χ1) is 8.19. The van der Waals surface area contributed by atoms with Crippen LogP contribution in [0, 0.1) is 11.8 Å². The SMILES string of the molecule is CC1CCC(CNc2nc(NN)ncc2Br)C1. The molecule has 0 radical (unpaired) electrons. The Hall–Kier alpha value is -0.880. The molecule has 1 saturated carbocycles. The van der Waals surface area contributed by atoms with E-state index < -0.39 is 0 Å². The topological polar surface area (TPSA) is 75.9 Å². The first kappa shape index (κ1) is 12.6. The highest BCUT2D eigenvalue weighted by atomic mass is 79.9. The van der Waals surface area contributed by atoms with E-state index in [2.05, 4.69) is 43.6 Å². The van der Waals surface area contributed by atoms with Crippen molar-refractivity contribution in [3.8, 4) is 0 Å². The van der Waals surface area contributed by atoms with Gasteiger partial charge in [0.1, 0.15) is 5.82 Å². The fourth-order valence-corrected chi connectivity index (χ4v) is 2.64. The smallest absolute Gasteiger partial charge is 0.239 e. The van der Waals surface area contributed by atoms with Crippen LogP contribution in [0.5, 0.6) is 0 Å². The Balaban J connectivity index is 1.94. The van der Waals surface area contributed by atoms with E-state index in [4.69, 9.17) is 5.84 Å². The third-order valence-electron chi connectivity index (χ3n) is 3.23. The average molecular weight is 300 g/mol. The molecule has 2 rings (SSSR count). The number of aromatic nitrogens is 2. The van der Waals surface area contributed by atoms with Crippen molar-refractivity contribution in [3.05, 3.63) is 10.7 Å². The van der Waals surface area contributed by atoms with Crippen molar-refractivity contribution < 1.29 is 0 Å². The summed E-state index contributed by atoms with van der Waals surface area (Å²) < 4.78 is 0.863. The lowest BCUT2D eigenvalue weighted by molar-refractivity contribution is 0.536. The summed E-state index contributed by atoms with van der Waals surface area (Å²) in [6.45, 7) is 3.28. The standard InChI is InChI=1S/C11H18BrN5/c1-7-2-3-8(4-7)5-14-10-9(12)6-15-11(16-10)17-13/h6-8H,2-5,13H2,1H3,(H2,14,15,16,17). The lowest BCUT2D eigenvalue weighted by atomic mass is 10.1. The van der Waals surface area contributed by atoms with Gasteiger partial charge in [-0.3, -0.25) is 5.43 Å². The third kappa shape index (κ3) is 3.29. The Bertz CT molecular complexity index is 384. The molecule has 5 nitrogen and oxygen atoms in total. The second-order valence-electron chi connectivity index (χ2n) is 4.70. The van der Waals surface area contributed by atoms with Crippen LogP contribution in [0.4, 0.5) is 11.8 Å². The second kappa shape index (κ2) is 5.64. The average Bonchev–Trinajstić information content (AvgIpc) is 2.74. The Morgan fingerprint density at radius 3 is 3.00 bits per heavy atom. The van der Waals surface area contributed by atoms with Crippen molar-refractivity contribution in [2.24, 2.45) is 17.7 Å². The molecule has 1 aliphatic carbocycles. The van der Waals surface area contributed by atoms with Crippen molar-refractivity contribution in [2.45, 2.75) is 26.2 Å². The van der Waals surface area contributed by atoms with Gasteiger partial charge < -0.3 is 5.32 Å². The van der Waals surface area contributed by atoms with Gasteiger partial charge in [0, 0.05) is 12.7 Å². The molecule has 1 fully saturated rings. The molecular formula is C11H18BrN5. The van der Waals surface area contributed by atoms with Gasteiger partial charge in [0.25, 0.3) is 0 Å². The Labute approximate surface area is 110 Å². The van der Waals surface area contributed by atoms with Gasteiger partial charge in [-0.05, 0) is 40.6 Å². The van der Waals surface area contributed by atoms with Crippen molar-refractivity contribution in [3.63, 3.8) is 0 Å². The Kier molecular flexibility index (Phi) is 4.17. The van der Waals surface area contributed by atoms with Crippen LogP contribution in [-0.4, -0.2) is 16.5 Å². The third-order valence-corrected chi connectivity index (χ3v) is 3.82. The van der Waals surface area contributed by atoms with Gasteiger partial charge in [-0.2, -0.15) is 4.98 Å². The van der Waals surface area contributed by atoms with Crippen LogP contribution in [0.2, 0.25) is 0 Å². The summed E-state index contributed by atoms with van der Waals surface area (Å²) in [5, 5.41) is 3.36. The number of hydrazine groups is 1. The van der Waals surface area contributed by atoms with Crippen molar-refractivity contribution in [2.75, 3.05) is 17.3 Å². The first-order valence-electron chi connectivity index (χ1n) is 5.92. The van der Waals surface area contributed by atoms with Gasteiger partial charge in [-0.15, -0.1) is 0 Å². The maximum absolute atomic E-state index is 5.29. The van der Waals surface area contributed by atoms with Crippen LogP contribution < -0.4 is 16.6 Å². The maximum atomic E-state index is 5.29. The summed E-state index contributed by atoms with van der Waals surface area (Å²) >= 11 is 3.42. The molecule has 0 spiro atoms. The number of anilines is 2. The fraction of sp³-hybridized carbons (Fsp3) is 0.636. The van der Waals surface area contributed by atoms with E-state index in [-0.39, 0.29) is 0 Å². The number of nitrogen functional groups attached to an aromatic ring is 1. The van der Waals surface area contributed by atoms with E-state index in [1.165, 1.54) is 19.3 Å². The highest BCUT2D eigenvalue weighted by Crippen LogP contribution is 2.30. The molecule has 1 aromatic rings. The van der Waals surface area contributed by atoms with Crippen molar-refractivity contribution in [1.82, 2.24) is 9.97 Å². The minimum atomic E-state index is 0.426. The molecule has 94 valence electrons. The van der Waals surface area contributed by atoms with Crippen LogP contribution >= 0.6 is 15.9 Å². The zero-order chi connectivity index (χ0) is 12.3. The molecule has 2 unspecified atom stereocenters. The molecule has 0 aromatic carbocycles. The zero-order valence-corrected chi connectivity index (χ0v) is 11.5. The van der Waals surface area contributed by atoms with Gasteiger partial charge >= 0.3 is 0 Å². The molecule has 6 heteroatoms. The number of nitrogens with two attached hydrogens (primary N) is 1.